The van der Waals surface area contributed by atoms with Crippen LogP contribution in [0, 0.1) is 6.92 Å². The molecule has 0 amide bonds. The first-order chi connectivity index (χ1) is 1.41. The normalized spacial score (nSPS) is 3.00. The summed E-state index contributed by atoms with van der Waals surface area (Å²) < 4.78 is 1.84. The molecule has 0 N–H and O–H groups in total. The van der Waals surface area contributed by atoms with E-state index in [9.17, 15) is 0 Å². The Morgan fingerprint density at radius 2 is 1.75 bits per heavy atom. The predicted molar refractivity (Wildman–Crippen MR) is 17.2 cm³/mol. The molecule has 0 saturated heterocycles. The number of rotatable bonds is 0. The molecule has 4 heavy (non-hydrogen) atoms. The van der Waals surface area contributed by atoms with Gasteiger partial charge in [0.05, 0.1) is 0 Å². The van der Waals surface area contributed by atoms with Gasteiger partial charge in [0, 0.05) is 8.41 Å². The Labute approximate surface area is 43.5 Å². The van der Waals surface area contributed by atoms with Crippen molar-refractivity contribution in [3.8, 4) is 0 Å². The summed E-state index contributed by atoms with van der Waals surface area (Å²) in [6.45, 7) is 3.40. The van der Waals surface area contributed by atoms with Gasteiger partial charge in [0.1, 0.15) is 0 Å². The topological polar surface area (TPSA) is 0 Å². The van der Waals surface area contributed by atoms with Gasteiger partial charge in [0.2, 0.25) is 0 Å². The molecule has 0 aromatic carbocycles. The van der Waals surface area contributed by atoms with E-state index in [4.69, 9.17) is 0 Å². The summed E-state index contributed by atoms with van der Waals surface area (Å²) in [5.41, 5.74) is 0. The van der Waals surface area contributed by atoms with Crippen molar-refractivity contribution in [1.82, 2.24) is 0 Å². The van der Waals surface area contributed by atoms with Crippen molar-refractivity contribution in [1.29, 1.82) is 0 Å². The van der Waals surface area contributed by atoms with Gasteiger partial charge in [-0.25, -0.2) is 0 Å². The second kappa shape index (κ2) is 9.17. The number of hydrogen-bond donors (Lipinski definition) is 0. The van der Waals surface area contributed by atoms with E-state index in [-0.39, 0.29) is 8.41 Å². The van der Waals surface area contributed by atoms with Crippen molar-refractivity contribution >= 4 is 12.1 Å². The van der Waals surface area contributed by atoms with Gasteiger partial charge in [-0.1, -0.05) is 0 Å². The fourth-order valence-corrected chi connectivity index (χ4v) is 0. The summed E-state index contributed by atoms with van der Waals surface area (Å²) in [5.74, 6) is 0. The van der Waals surface area contributed by atoms with Gasteiger partial charge in [-0.2, -0.15) is 0 Å². The Hall–Kier alpha value is 0.818. The molecule has 0 heterocycles. The third kappa shape index (κ3) is 13.9. The van der Waals surface area contributed by atoms with Gasteiger partial charge >= 0.3 is 34.9 Å². The Morgan fingerprint density at radius 3 is 1.75 bits per heavy atom. The molecule has 0 aliphatic rings. The standard InChI is InChI=1S/C2H3.B.Zr/c1-2;;/h1H,2H2;;/q-1;;. The van der Waals surface area contributed by atoms with Crippen LogP contribution in [0.3, 0.4) is 0 Å². The van der Waals surface area contributed by atoms with Crippen molar-refractivity contribution in [3.63, 3.8) is 0 Å². The molecule has 0 bridgehead atoms. The average molecular weight is 129 g/mol. The zero-order valence-electron chi connectivity index (χ0n) is 2.36. The summed E-state index contributed by atoms with van der Waals surface area (Å²) in [6, 6.07) is 0. The molecule has 0 aromatic heterocycles. The molecule has 0 fully saturated rings. The summed E-state index contributed by atoms with van der Waals surface area (Å²) in [4.78, 5) is 0. The Morgan fingerprint density at radius 1 is 1.75 bits per heavy atom. The first kappa shape index (κ1) is 8.84. The Bertz CT molecular complexity index is 13.5. The van der Waals surface area contributed by atoms with E-state index < -0.39 is 0 Å². The molecule has 0 aliphatic heterocycles. The van der Waals surface area contributed by atoms with E-state index in [0.717, 1.165) is 0 Å². The molecule has 0 aliphatic carbocycles. The van der Waals surface area contributed by atoms with Crippen LogP contribution in [0.5, 0.6) is 0 Å². The maximum absolute atomic E-state index is 3.40. The zero-order chi connectivity index (χ0) is 2.71. The molecule has 0 atom stereocenters. The van der Waals surface area contributed by atoms with Crippen LogP contribution in [-0.2, 0) is 24.2 Å². The van der Waals surface area contributed by atoms with Gasteiger partial charge in [0.15, 0.2) is 0 Å². The van der Waals surface area contributed by atoms with Crippen LogP contribution in [0.4, 0.5) is 0 Å². The Kier molecular flexibility index (Phi) is 20.3. The third-order valence-electron chi connectivity index (χ3n) is 0. The van der Waals surface area contributed by atoms with Crippen LogP contribution in [-0.4, -0.2) is 12.1 Å². The maximum atomic E-state index is 3.40. The van der Waals surface area contributed by atoms with E-state index in [1.165, 1.54) is 24.2 Å². The molecule has 0 unspecified atom stereocenters. The van der Waals surface area contributed by atoms with E-state index in [0.29, 0.717) is 0 Å². The van der Waals surface area contributed by atoms with Crippen LogP contribution < -0.4 is 0 Å². The van der Waals surface area contributed by atoms with E-state index >= 15 is 0 Å². The van der Waals surface area contributed by atoms with Gasteiger partial charge in [-0.15, -0.1) is 0 Å². The van der Waals surface area contributed by atoms with Crippen LogP contribution in [0.15, 0.2) is 0 Å². The van der Waals surface area contributed by atoms with E-state index in [1.807, 2.05) is 3.71 Å². The minimum absolute atomic E-state index is 0. The molecule has 0 spiro atoms. The van der Waals surface area contributed by atoms with Crippen LogP contribution in [0.25, 0.3) is 0 Å². The van der Waals surface area contributed by atoms with Crippen LogP contribution >= 0.6 is 0 Å². The Balaban J connectivity index is 0. The molecule has 3 radical (unpaired) electrons. The quantitative estimate of drug-likeness (QED) is 0.313. The van der Waals surface area contributed by atoms with Crippen molar-refractivity contribution in [2.24, 2.45) is 0 Å². The average Bonchev–Trinajstić information content (AvgIpc) is 0.918. The summed E-state index contributed by atoms with van der Waals surface area (Å²) in [5, 5.41) is 0. The molecular weight excluding hydrogens is 126 g/mol. The van der Waals surface area contributed by atoms with Crippen molar-refractivity contribution in [3.05, 3.63) is 6.92 Å². The van der Waals surface area contributed by atoms with Crippen molar-refractivity contribution in [2.75, 3.05) is 0 Å². The summed E-state index contributed by atoms with van der Waals surface area (Å²) in [6.07, 6.45) is 0. The van der Waals surface area contributed by atoms with Crippen molar-refractivity contribution < 1.29 is 24.2 Å². The fourth-order valence-electron chi connectivity index (χ4n) is 0. The first-order valence-corrected chi connectivity index (χ1v) is 2.12. The number of hydrogen-bond acceptors (Lipinski definition) is 0. The summed E-state index contributed by atoms with van der Waals surface area (Å²) in [7, 11) is 0. The second-order valence-corrected chi connectivity index (χ2v) is 1.21. The monoisotopic (exact) mass is 128 g/mol. The molecule has 0 rings (SSSR count). The molecule has 0 aromatic rings. The molecule has 2 heteroatoms. The SMILES string of the molecule is [B].[CH2-][CH]=[Zr]. The van der Waals surface area contributed by atoms with Gasteiger partial charge in [-0.05, 0) is 0 Å². The molecular formula is C2H3BZr-. The van der Waals surface area contributed by atoms with E-state index in [2.05, 4.69) is 6.92 Å². The zero-order valence-corrected chi connectivity index (χ0v) is 4.82. The molecule has 0 nitrogen and oxygen atoms in total. The minimum atomic E-state index is 0. The van der Waals surface area contributed by atoms with Gasteiger partial charge in [-0.3, -0.25) is 0 Å². The van der Waals surface area contributed by atoms with Crippen molar-refractivity contribution in [2.45, 2.75) is 0 Å². The fraction of sp³-hybridized carbons (Fsp3) is 0. The first-order valence-electron chi connectivity index (χ1n) is 0.697. The predicted octanol–water partition coefficient (Wildman–Crippen LogP) is -0.211. The summed E-state index contributed by atoms with van der Waals surface area (Å²) >= 11 is 1.40. The van der Waals surface area contributed by atoms with E-state index in [1.54, 1.807) is 0 Å². The molecule has 0 saturated carbocycles. The molecule has 19 valence electrons. The van der Waals surface area contributed by atoms with Crippen LogP contribution in [0.2, 0.25) is 0 Å². The van der Waals surface area contributed by atoms with Gasteiger partial charge < -0.3 is 0 Å². The van der Waals surface area contributed by atoms with Crippen LogP contribution in [0.1, 0.15) is 0 Å². The second-order valence-electron chi connectivity index (χ2n) is 0.204. The van der Waals surface area contributed by atoms with Gasteiger partial charge in [0.25, 0.3) is 0 Å². The third-order valence-corrected chi connectivity index (χ3v) is 0.